The van der Waals surface area contributed by atoms with E-state index in [0.29, 0.717) is 11.7 Å². The molecule has 110 valence electrons. The zero-order valence-corrected chi connectivity index (χ0v) is 13.3. The average molecular weight is 308 g/mol. The fraction of sp³-hybridized carbons (Fsp3) is 0.176. The molecule has 5 heteroatoms. The van der Waals surface area contributed by atoms with E-state index in [0.717, 1.165) is 22.5 Å². The number of carbonyl (C=O) groups is 1. The van der Waals surface area contributed by atoms with Crippen LogP contribution in [0.15, 0.2) is 59.9 Å². The molecule has 0 radical (unpaired) electrons. The van der Waals surface area contributed by atoms with E-state index in [4.69, 9.17) is 0 Å². The Hall–Kier alpha value is -2.01. The summed E-state index contributed by atoms with van der Waals surface area (Å²) in [6.45, 7) is 0. The van der Waals surface area contributed by atoms with Gasteiger partial charge in [0.05, 0.1) is 11.4 Å². The highest BCUT2D eigenvalue weighted by atomic mass is 32.2. The summed E-state index contributed by atoms with van der Waals surface area (Å²) in [5.41, 5.74) is 3.48. The van der Waals surface area contributed by atoms with Crippen molar-refractivity contribution in [1.82, 2.24) is 10.3 Å². The predicted molar refractivity (Wildman–Crippen MR) is 93.7 cm³/mol. The Morgan fingerprint density at radius 2 is 2.05 bits per heavy atom. The highest BCUT2D eigenvalue weighted by Gasteiger charge is 2.21. The third kappa shape index (κ3) is 3.60. The fourth-order valence-electron chi connectivity index (χ4n) is 2.49. The molecule has 0 saturated carbocycles. The van der Waals surface area contributed by atoms with Crippen molar-refractivity contribution in [3.63, 3.8) is 0 Å². The topological polar surface area (TPSA) is 42.0 Å². The van der Waals surface area contributed by atoms with E-state index in [1.54, 1.807) is 11.8 Å². The van der Waals surface area contributed by atoms with Crippen LogP contribution in [0.2, 0.25) is 0 Å². The Balaban J connectivity index is 1.56. The van der Waals surface area contributed by atoms with Crippen molar-refractivity contribution in [3.05, 3.63) is 71.0 Å². The number of hydrogen-bond donors (Lipinski definition) is 1. The first-order valence-corrected chi connectivity index (χ1v) is 8.21. The van der Waals surface area contributed by atoms with Gasteiger partial charge in [0.2, 0.25) is 5.91 Å². The van der Waals surface area contributed by atoms with E-state index in [2.05, 4.69) is 16.4 Å². The van der Waals surface area contributed by atoms with Crippen LogP contribution in [-0.4, -0.2) is 18.7 Å². The molecule has 0 fully saturated rings. The number of carbonyl (C=O) groups excluding carboxylic acids is 1. The first-order chi connectivity index (χ1) is 10.7. The molecule has 1 aromatic heterocycles. The molecule has 22 heavy (non-hydrogen) atoms. The van der Waals surface area contributed by atoms with Gasteiger partial charge in [0, 0.05) is 17.6 Å². The van der Waals surface area contributed by atoms with E-state index >= 15 is 0 Å². The van der Waals surface area contributed by atoms with Gasteiger partial charge in [0.25, 0.3) is 0 Å². The van der Waals surface area contributed by atoms with Gasteiger partial charge in [-0.25, -0.2) is 0 Å². The van der Waals surface area contributed by atoms with Crippen LogP contribution in [0.4, 0.5) is 0 Å². The molecule has 2 aromatic rings. The molecular weight excluding hydrogens is 291 g/mol. The van der Waals surface area contributed by atoms with Gasteiger partial charge in [0.1, 0.15) is 7.85 Å². The molecule has 0 bridgehead atoms. The Bertz CT molecular complexity index is 703. The second-order valence-electron chi connectivity index (χ2n) is 5.34. The summed E-state index contributed by atoms with van der Waals surface area (Å²) in [4.78, 5) is 16.2. The number of aromatic nitrogens is 1. The summed E-state index contributed by atoms with van der Waals surface area (Å²) in [5, 5.41) is 4.35. The van der Waals surface area contributed by atoms with Gasteiger partial charge >= 0.3 is 0 Å². The average Bonchev–Trinajstić information content (AvgIpc) is 2.99. The van der Waals surface area contributed by atoms with E-state index in [1.807, 2.05) is 56.6 Å². The molecule has 0 saturated heterocycles. The summed E-state index contributed by atoms with van der Waals surface area (Å²) >= 11 is 1.71. The van der Waals surface area contributed by atoms with Crippen LogP contribution in [0.5, 0.6) is 0 Å². The highest BCUT2D eigenvalue weighted by molar-refractivity contribution is 8.03. The van der Waals surface area contributed by atoms with Crippen LogP contribution in [0.1, 0.15) is 22.8 Å². The molecule has 1 unspecified atom stereocenters. The van der Waals surface area contributed by atoms with Crippen molar-refractivity contribution in [2.75, 3.05) is 0 Å². The third-order valence-corrected chi connectivity index (χ3v) is 5.01. The van der Waals surface area contributed by atoms with Gasteiger partial charge in [-0.15, -0.1) is 11.8 Å². The maximum absolute atomic E-state index is 12.2. The number of allylic oxidation sites excluding steroid dienone is 1. The van der Waals surface area contributed by atoms with Crippen molar-refractivity contribution >= 4 is 31.0 Å². The monoisotopic (exact) mass is 308 g/mol. The Morgan fingerprint density at radius 3 is 2.82 bits per heavy atom. The third-order valence-electron chi connectivity index (χ3n) is 3.74. The van der Waals surface area contributed by atoms with Crippen molar-refractivity contribution in [2.45, 2.75) is 18.1 Å². The van der Waals surface area contributed by atoms with Crippen LogP contribution >= 0.6 is 11.8 Å². The summed E-state index contributed by atoms with van der Waals surface area (Å²) in [7, 11) is 2.03. The normalized spacial score (nSPS) is 17.1. The molecule has 3 nitrogen and oxygen atoms in total. The first-order valence-electron chi connectivity index (χ1n) is 7.33. The van der Waals surface area contributed by atoms with Gasteiger partial charge in [-0.1, -0.05) is 35.8 Å². The molecule has 1 aliphatic heterocycles. The molecule has 1 aliphatic rings. The smallest absolute Gasteiger partial charge is 0.229 e. The van der Waals surface area contributed by atoms with E-state index < -0.39 is 0 Å². The van der Waals surface area contributed by atoms with Crippen LogP contribution in [-0.2, 0) is 11.2 Å². The lowest BCUT2D eigenvalue weighted by molar-refractivity contribution is -0.119. The predicted octanol–water partition coefficient (Wildman–Crippen LogP) is 1.72. The van der Waals surface area contributed by atoms with Gasteiger partial charge in [-0.3, -0.25) is 9.78 Å². The lowest BCUT2D eigenvalue weighted by Crippen LogP contribution is -2.25. The SMILES string of the molecule is Bc1ccccc1CC(=O)NC1=CCC(c2ccncc2)S1. The highest BCUT2D eigenvalue weighted by Crippen LogP contribution is 2.42. The minimum atomic E-state index is 0.0448. The largest absolute Gasteiger partial charge is 0.321 e. The molecule has 1 N–H and O–H groups in total. The molecule has 1 atom stereocenters. The number of amides is 1. The van der Waals surface area contributed by atoms with Crippen LogP contribution < -0.4 is 10.8 Å². The van der Waals surface area contributed by atoms with Crippen molar-refractivity contribution in [2.24, 2.45) is 0 Å². The summed E-state index contributed by atoms with van der Waals surface area (Å²) in [5.74, 6) is 0.0448. The number of pyridine rings is 1. The second-order valence-corrected chi connectivity index (χ2v) is 6.59. The maximum Gasteiger partial charge on any atom is 0.229 e. The van der Waals surface area contributed by atoms with Gasteiger partial charge < -0.3 is 5.32 Å². The fourth-order valence-corrected chi connectivity index (χ4v) is 3.65. The van der Waals surface area contributed by atoms with Crippen LogP contribution in [0.3, 0.4) is 0 Å². The van der Waals surface area contributed by atoms with E-state index in [-0.39, 0.29) is 5.91 Å². The number of nitrogens with one attached hydrogen (secondary N) is 1. The van der Waals surface area contributed by atoms with Gasteiger partial charge in [0.15, 0.2) is 0 Å². The van der Waals surface area contributed by atoms with E-state index in [1.165, 1.54) is 5.56 Å². The second kappa shape index (κ2) is 6.84. The van der Waals surface area contributed by atoms with Gasteiger partial charge in [-0.05, 0) is 29.7 Å². The minimum Gasteiger partial charge on any atom is -0.321 e. The number of thioether (sulfide) groups is 1. The van der Waals surface area contributed by atoms with Crippen molar-refractivity contribution < 1.29 is 4.79 Å². The maximum atomic E-state index is 12.2. The molecule has 2 heterocycles. The first kappa shape index (κ1) is 14.9. The molecular formula is C17H17BN2OS. The zero-order chi connectivity index (χ0) is 15.4. The Kier molecular flexibility index (Phi) is 4.63. The number of rotatable bonds is 4. The molecule has 0 aliphatic carbocycles. The summed E-state index contributed by atoms with van der Waals surface area (Å²) < 4.78 is 0. The van der Waals surface area contributed by atoms with Crippen LogP contribution in [0, 0.1) is 0 Å². The number of nitrogens with zero attached hydrogens (tertiary/aromatic N) is 1. The van der Waals surface area contributed by atoms with E-state index in [9.17, 15) is 4.79 Å². The Labute approximate surface area is 135 Å². The van der Waals surface area contributed by atoms with Crippen molar-refractivity contribution in [1.29, 1.82) is 0 Å². The lowest BCUT2D eigenvalue weighted by atomic mass is 9.89. The summed E-state index contributed by atoms with van der Waals surface area (Å²) in [6, 6.07) is 12.1. The number of hydrogen-bond acceptors (Lipinski definition) is 3. The minimum absolute atomic E-state index is 0.0448. The molecule has 1 aromatic carbocycles. The standard InChI is InChI=1S/C17H17BN2OS/c18-14-4-2-1-3-13(14)11-16(21)20-17-6-5-15(22-17)12-7-9-19-10-8-12/h1-4,6-10,15H,5,11,18H2,(H,20,21). The number of benzene rings is 1. The summed E-state index contributed by atoms with van der Waals surface area (Å²) in [6.07, 6.45) is 7.08. The van der Waals surface area contributed by atoms with Gasteiger partial charge in [-0.2, -0.15) is 0 Å². The molecule has 0 spiro atoms. The molecule has 1 amide bonds. The Morgan fingerprint density at radius 1 is 1.27 bits per heavy atom. The van der Waals surface area contributed by atoms with Crippen LogP contribution in [0.25, 0.3) is 0 Å². The quantitative estimate of drug-likeness (QED) is 0.875. The van der Waals surface area contributed by atoms with Crippen molar-refractivity contribution in [3.8, 4) is 0 Å². The lowest BCUT2D eigenvalue weighted by Gasteiger charge is -2.11. The molecule has 3 rings (SSSR count). The zero-order valence-electron chi connectivity index (χ0n) is 12.5.